The summed E-state index contributed by atoms with van der Waals surface area (Å²) in [6.45, 7) is 0.628. The van der Waals surface area contributed by atoms with Crippen molar-refractivity contribution in [3.8, 4) is 0 Å². The second kappa shape index (κ2) is 5.62. The van der Waals surface area contributed by atoms with E-state index in [1.807, 2.05) is 0 Å². The number of aromatic nitrogens is 1. The van der Waals surface area contributed by atoms with E-state index >= 15 is 0 Å². The van der Waals surface area contributed by atoms with Gasteiger partial charge >= 0.3 is 0 Å². The lowest BCUT2D eigenvalue weighted by atomic mass is 9.79. The number of hydrogen-bond donors (Lipinski definition) is 0. The molecule has 1 aliphatic heterocycles. The topological polar surface area (TPSA) is 50.3 Å². The van der Waals surface area contributed by atoms with Gasteiger partial charge in [0.1, 0.15) is 5.15 Å². The standard InChI is InChI=1S/C14H19ClN2O2S/c15-14-10-12(7-8-16-14)20(18,19)17-9-3-5-11-4-1-2-6-13(11)17/h7-8,10-11,13H,1-6,9H2/t11-,13-/m1/s1. The summed E-state index contributed by atoms with van der Waals surface area (Å²) in [5.74, 6) is 0.532. The van der Waals surface area contributed by atoms with Crippen molar-refractivity contribution in [2.75, 3.05) is 6.54 Å². The highest BCUT2D eigenvalue weighted by Gasteiger charge is 2.39. The first-order chi connectivity index (χ1) is 9.59. The predicted molar refractivity (Wildman–Crippen MR) is 78.1 cm³/mol. The number of rotatable bonds is 2. The molecule has 0 aromatic carbocycles. The van der Waals surface area contributed by atoms with Gasteiger partial charge in [0, 0.05) is 18.8 Å². The summed E-state index contributed by atoms with van der Waals surface area (Å²) < 4.78 is 27.4. The Morgan fingerprint density at radius 1 is 1.20 bits per heavy atom. The van der Waals surface area contributed by atoms with Crippen LogP contribution in [0.15, 0.2) is 23.2 Å². The highest BCUT2D eigenvalue weighted by Crippen LogP contribution is 2.38. The van der Waals surface area contributed by atoms with Crippen molar-refractivity contribution in [1.29, 1.82) is 0 Å². The lowest BCUT2D eigenvalue weighted by Crippen LogP contribution is -2.49. The molecule has 0 N–H and O–H groups in total. The van der Waals surface area contributed by atoms with Crippen LogP contribution in [0.3, 0.4) is 0 Å². The summed E-state index contributed by atoms with van der Waals surface area (Å²) in [4.78, 5) is 4.13. The molecule has 2 fully saturated rings. The maximum Gasteiger partial charge on any atom is 0.243 e. The van der Waals surface area contributed by atoms with Crippen molar-refractivity contribution in [1.82, 2.24) is 9.29 Å². The minimum absolute atomic E-state index is 0.175. The van der Waals surface area contributed by atoms with Crippen molar-refractivity contribution in [2.24, 2.45) is 5.92 Å². The van der Waals surface area contributed by atoms with Crippen molar-refractivity contribution in [3.63, 3.8) is 0 Å². The second-order valence-electron chi connectivity index (χ2n) is 5.68. The van der Waals surface area contributed by atoms with Gasteiger partial charge < -0.3 is 0 Å². The second-order valence-corrected chi connectivity index (χ2v) is 7.96. The zero-order valence-electron chi connectivity index (χ0n) is 11.3. The van der Waals surface area contributed by atoms with Crippen LogP contribution in [0.1, 0.15) is 38.5 Å². The molecule has 110 valence electrons. The third kappa shape index (κ3) is 2.59. The van der Waals surface area contributed by atoms with Crippen molar-refractivity contribution < 1.29 is 8.42 Å². The van der Waals surface area contributed by atoms with Crippen molar-refractivity contribution >= 4 is 21.6 Å². The fourth-order valence-corrected chi connectivity index (χ4v) is 5.56. The summed E-state index contributed by atoms with van der Waals surface area (Å²) >= 11 is 5.83. The van der Waals surface area contributed by atoms with E-state index in [0.29, 0.717) is 12.5 Å². The van der Waals surface area contributed by atoms with E-state index in [1.165, 1.54) is 24.8 Å². The van der Waals surface area contributed by atoms with Gasteiger partial charge in [0.05, 0.1) is 4.90 Å². The van der Waals surface area contributed by atoms with Gasteiger partial charge in [-0.05, 0) is 43.7 Å². The highest BCUT2D eigenvalue weighted by atomic mass is 35.5. The summed E-state index contributed by atoms with van der Waals surface area (Å²) in [5.41, 5.74) is 0. The zero-order valence-corrected chi connectivity index (χ0v) is 12.9. The lowest BCUT2D eigenvalue weighted by molar-refractivity contribution is 0.129. The first-order valence-electron chi connectivity index (χ1n) is 7.22. The Hall–Kier alpha value is -0.650. The number of halogens is 1. The Morgan fingerprint density at radius 2 is 1.95 bits per heavy atom. The molecule has 3 rings (SSSR count). The van der Waals surface area contributed by atoms with Crippen molar-refractivity contribution in [3.05, 3.63) is 23.5 Å². The molecule has 1 saturated heterocycles. The van der Waals surface area contributed by atoms with E-state index in [9.17, 15) is 8.42 Å². The maximum atomic E-state index is 12.8. The fourth-order valence-electron chi connectivity index (χ4n) is 3.56. The molecule has 2 atom stereocenters. The highest BCUT2D eigenvalue weighted by molar-refractivity contribution is 7.89. The molecular weight excluding hydrogens is 296 g/mol. The average Bonchev–Trinajstić information content (AvgIpc) is 2.46. The monoisotopic (exact) mass is 314 g/mol. The Labute approximate surface area is 125 Å². The Morgan fingerprint density at radius 3 is 2.75 bits per heavy atom. The van der Waals surface area contributed by atoms with Crippen LogP contribution in [0.4, 0.5) is 0 Å². The van der Waals surface area contributed by atoms with Gasteiger partial charge in [-0.1, -0.05) is 24.4 Å². The van der Waals surface area contributed by atoms with E-state index in [2.05, 4.69) is 4.98 Å². The van der Waals surface area contributed by atoms with E-state index < -0.39 is 10.0 Å². The normalized spacial score (nSPS) is 28.1. The molecule has 4 nitrogen and oxygen atoms in total. The maximum absolute atomic E-state index is 12.8. The molecule has 0 bridgehead atoms. The van der Waals surface area contributed by atoms with Crippen LogP contribution in [0.2, 0.25) is 5.15 Å². The number of pyridine rings is 1. The van der Waals surface area contributed by atoms with E-state index in [0.717, 1.165) is 32.1 Å². The van der Waals surface area contributed by atoms with Crippen LogP contribution in [0, 0.1) is 5.92 Å². The number of hydrogen-bond acceptors (Lipinski definition) is 3. The van der Waals surface area contributed by atoms with Gasteiger partial charge in [-0.2, -0.15) is 4.31 Å². The molecule has 0 amide bonds. The van der Waals surface area contributed by atoms with Gasteiger partial charge in [-0.25, -0.2) is 13.4 Å². The average molecular weight is 315 g/mol. The molecule has 2 aliphatic rings. The van der Waals surface area contributed by atoms with Crippen LogP contribution < -0.4 is 0 Å². The molecular formula is C14H19ClN2O2S. The van der Waals surface area contributed by atoms with E-state index in [4.69, 9.17) is 11.6 Å². The molecule has 1 aromatic rings. The Balaban J connectivity index is 1.93. The van der Waals surface area contributed by atoms with Crippen molar-refractivity contribution in [2.45, 2.75) is 49.5 Å². The molecule has 0 unspecified atom stereocenters. The fraction of sp³-hybridized carbons (Fsp3) is 0.643. The molecule has 6 heteroatoms. The lowest BCUT2D eigenvalue weighted by Gasteiger charge is -2.43. The molecule has 1 aliphatic carbocycles. The van der Waals surface area contributed by atoms with Gasteiger partial charge in [0.2, 0.25) is 10.0 Å². The summed E-state index contributed by atoms with van der Waals surface area (Å²) in [6, 6.07) is 3.16. The SMILES string of the molecule is O=S(=O)(c1ccnc(Cl)c1)N1CCC[C@H]2CCCC[C@H]21. The smallest absolute Gasteiger partial charge is 0.243 e. The van der Waals surface area contributed by atoms with Crippen LogP contribution in [0.25, 0.3) is 0 Å². The number of nitrogens with zero attached hydrogens (tertiary/aromatic N) is 2. The van der Waals surface area contributed by atoms with Gasteiger partial charge in [0.15, 0.2) is 0 Å². The molecule has 20 heavy (non-hydrogen) atoms. The minimum Gasteiger partial charge on any atom is -0.244 e. The largest absolute Gasteiger partial charge is 0.244 e. The summed E-state index contributed by atoms with van der Waals surface area (Å²) in [7, 11) is -3.45. The molecule has 0 radical (unpaired) electrons. The Kier molecular flexibility index (Phi) is 4.02. The molecule has 1 aromatic heterocycles. The molecule has 0 spiro atoms. The molecule has 1 saturated carbocycles. The van der Waals surface area contributed by atoms with E-state index in [1.54, 1.807) is 4.31 Å². The first kappa shape index (κ1) is 14.3. The summed E-state index contributed by atoms with van der Waals surface area (Å²) in [5, 5.41) is 0.225. The van der Waals surface area contributed by atoms with Gasteiger partial charge in [0.25, 0.3) is 0 Å². The van der Waals surface area contributed by atoms with Crippen LogP contribution >= 0.6 is 11.6 Å². The van der Waals surface area contributed by atoms with Gasteiger partial charge in [-0.3, -0.25) is 0 Å². The van der Waals surface area contributed by atoms with Crippen LogP contribution in [0.5, 0.6) is 0 Å². The Bertz CT molecular complexity index is 589. The number of piperidine rings is 1. The quantitative estimate of drug-likeness (QED) is 0.788. The summed E-state index contributed by atoms with van der Waals surface area (Å²) in [6.07, 6.45) is 8.08. The minimum atomic E-state index is -3.45. The predicted octanol–water partition coefficient (Wildman–Crippen LogP) is 3.08. The first-order valence-corrected chi connectivity index (χ1v) is 9.04. The third-order valence-electron chi connectivity index (χ3n) is 4.50. The van der Waals surface area contributed by atoms with Crippen LogP contribution in [-0.4, -0.2) is 30.3 Å². The van der Waals surface area contributed by atoms with E-state index in [-0.39, 0.29) is 16.1 Å². The van der Waals surface area contributed by atoms with Crippen LogP contribution in [-0.2, 0) is 10.0 Å². The third-order valence-corrected chi connectivity index (χ3v) is 6.62. The van der Waals surface area contributed by atoms with Gasteiger partial charge in [-0.15, -0.1) is 0 Å². The number of fused-ring (bicyclic) bond motifs is 1. The number of sulfonamides is 1. The zero-order chi connectivity index (χ0) is 14.2. The molecule has 2 heterocycles.